The van der Waals surface area contributed by atoms with Crippen molar-refractivity contribution >= 4 is 40.8 Å². The zero-order chi connectivity index (χ0) is 22.3. The van der Waals surface area contributed by atoms with Crippen molar-refractivity contribution in [3.63, 3.8) is 0 Å². The Labute approximate surface area is 177 Å². The fourth-order valence-electron chi connectivity index (χ4n) is 2.81. The fraction of sp³-hybridized carbons (Fsp3) is 0.368. The third-order valence-corrected chi connectivity index (χ3v) is 5.34. The second-order valence-electron chi connectivity index (χ2n) is 6.65. The van der Waals surface area contributed by atoms with Crippen molar-refractivity contribution in [3.8, 4) is 0 Å². The second kappa shape index (κ2) is 10.5. The molecular weight excluding hydrogens is 408 g/mol. The Morgan fingerprint density at radius 1 is 1.27 bits per heavy atom. The van der Waals surface area contributed by atoms with Gasteiger partial charge in [0, 0.05) is 18.5 Å². The van der Waals surface area contributed by atoms with Crippen LogP contribution in [0.5, 0.6) is 0 Å². The largest absolute Gasteiger partial charge is 0.383 e. The first-order chi connectivity index (χ1) is 14.2. The number of nitrogen functional groups attached to an aromatic ring is 1. The number of primary amides is 1. The van der Waals surface area contributed by atoms with E-state index >= 15 is 0 Å². The first-order valence-electron chi connectivity index (χ1n) is 9.38. The molecule has 1 aromatic heterocycles. The Morgan fingerprint density at radius 2 is 1.97 bits per heavy atom. The number of thioether (sulfide) groups is 1. The molecule has 0 spiro atoms. The number of hydrogen-bond donors (Lipinski definition) is 4. The number of unbranched alkanes of at least 4 members (excludes halogenated alkanes) is 1. The second-order valence-corrected chi connectivity index (χ2v) is 7.67. The topological polar surface area (TPSA) is 156 Å². The van der Waals surface area contributed by atoms with Crippen LogP contribution in [-0.4, -0.2) is 40.7 Å². The molecule has 0 atom stereocenters. The van der Waals surface area contributed by atoms with Crippen LogP contribution in [0.4, 0.5) is 17.2 Å². The van der Waals surface area contributed by atoms with Gasteiger partial charge >= 0.3 is 5.69 Å². The van der Waals surface area contributed by atoms with Crippen LogP contribution in [0.2, 0.25) is 0 Å². The molecular formula is C19H26N6O4S. The predicted octanol–water partition coefficient (Wildman–Crippen LogP) is 0.571. The Balaban J connectivity index is 2.18. The lowest BCUT2D eigenvalue weighted by molar-refractivity contribution is -0.116. The van der Waals surface area contributed by atoms with E-state index in [0.29, 0.717) is 17.1 Å². The van der Waals surface area contributed by atoms with E-state index in [4.69, 9.17) is 11.5 Å². The Bertz CT molecular complexity index is 1030. The summed E-state index contributed by atoms with van der Waals surface area (Å²) in [5.41, 5.74) is 10.6. The normalized spacial score (nSPS) is 10.6. The average molecular weight is 435 g/mol. The van der Waals surface area contributed by atoms with E-state index in [2.05, 4.69) is 10.3 Å². The van der Waals surface area contributed by atoms with Crippen molar-refractivity contribution in [2.45, 2.75) is 31.2 Å². The van der Waals surface area contributed by atoms with Gasteiger partial charge in [-0.15, -0.1) is 11.8 Å². The van der Waals surface area contributed by atoms with Gasteiger partial charge in [0.1, 0.15) is 11.5 Å². The highest BCUT2D eigenvalue weighted by molar-refractivity contribution is 8.00. The first kappa shape index (κ1) is 23.1. The molecule has 0 saturated heterocycles. The Kier molecular flexibility index (Phi) is 8.10. The maximum Gasteiger partial charge on any atom is 0.330 e. The number of rotatable bonds is 10. The van der Waals surface area contributed by atoms with Gasteiger partial charge in [-0.05, 0) is 18.6 Å². The van der Waals surface area contributed by atoms with Gasteiger partial charge in [0.2, 0.25) is 11.8 Å². The molecule has 0 radical (unpaired) electrons. The third kappa shape index (κ3) is 5.89. The SMILES string of the molecule is CCCCn1c(N)c(N(C)CC(=O)Nc2ccccc2SCC(N)=O)c(=O)[nH]c1=O. The van der Waals surface area contributed by atoms with Crippen molar-refractivity contribution in [1.29, 1.82) is 0 Å². The summed E-state index contributed by atoms with van der Waals surface area (Å²) < 4.78 is 1.30. The fourth-order valence-corrected chi connectivity index (χ4v) is 3.56. The number of H-pyrrole nitrogens is 1. The van der Waals surface area contributed by atoms with Gasteiger partial charge in [0.25, 0.3) is 5.56 Å². The summed E-state index contributed by atoms with van der Waals surface area (Å²) in [5, 5.41) is 2.76. The van der Waals surface area contributed by atoms with Crippen molar-refractivity contribution in [3.05, 3.63) is 45.1 Å². The highest BCUT2D eigenvalue weighted by atomic mass is 32.2. The molecule has 10 nitrogen and oxygen atoms in total. The highest BCUT2D eigenvalue weighted by Gasteiger charge is 2.18. The predicted molar refractivity (Wildman–Crippen MR) is 119 cm³/mol. The molecule has 6 N–H and O–H groups in total. The number of hydrogen-bond acceptors (Lipinski definition) is 7. The number of para-hydroxylation sites is 1. The van der Waals surface area contributed by atoms with Gasteiger partial charge in [-0.3, -0.25) is 23.9 Å². The van der Waals surface area contributed by atoms with Gasteiger partial charge in [-0.25, -0.2) is 4.79 Å². The molecule has 11 heteroatoms. The van der Waals surface area contributed by atoms with E-state index < -0.39 is 23.1 Å². The summed E-state index contributed by atoms with van der Waals surface area (Å²) in [6, 6.07) is 7.00. The van der Waals surface area contributed by atoms with Crippen LogP contribution in [0, 0.1) is 0 Å². The summed E-state index contributed by atoms with van der Waals surface area (Å²) >= 11 is 1.21. The van der Waals surface area contributed by atoms with Crippen molar-refractivity contribution in [2.24, 2.45) is 5.73 Å². The molecule has 0 fully saturated rings. The van der Waals surface area contributed by atoms with Crippen LogP contribution in [-0.2, 0) is 16.1 Å². The third-order valence-electron chi connectivity index (χ3n) is 4.24. The minimum atomic E-state index is -0.655. The molecule has 2 amide bonds. The van der Waals surface area contributed by atoms with Crippen LogP contribution in [0.3, 0.4) is 0 Å². The smallest absolute Gasteiger partial charge is 0.330 e. The minimum Gasteiger partial charge on any atom is -0.383 e. The molecule has 0 aliphatic rings. The molecule has 0 aliphatic heterocycles. The molecule has 0 bridgehead atoms. The van der Waals surface area contributed by atoms with Gasteiger partial charge in [0.05, 0.1) is 18.0 Å². The summed E-state index contributed by atoms with van der Waals surface area (Å²) in [7, 11) is 1.54. The standard InChI is InChI=1S/C19H26N6O4S/c1-3-4-9-25-17(21)16(18(28)23-19(25)29)24(2)10-15(27)22-12-7-5-6-8-13(12)30-11-14(20)26/h5-8H,3-4,9-11,21H2,1-2H3,(H2,20,26)(H,22,27)(H,23,28,29). The number of carbonyl (C=O) groups is 2. The molecule has 2 rings (SSSR count). The quantitative estimate of drug-likeness (QED) is 0.398. The van der Waals surface area contributed by atoms with Crippen molar-refractivity contribution < 1.29 is 9.59 Å². The number of anilines is 3. The molecule has 2 aromatic rings. The van der Waals surface area contributed by atoms with Crippen LogP contribution in [0.1, 0.15) is 19.8 Å². The first-order valence-corrected chi connectivity index (χ1v) is 10.4. The number of carbonyl (C=O) groups excluding carboxylic acids is 2. The van der Waals surface area contributed by atoms with E-state index in [9.17, 15) is 19.2 Å². The maximum absolute atomic E-state index is 12.6. The monoisotopic (exact) mass is 434 g/mol. The number of amides is 2. The molecule has 1 aromatic carbocycles. The number of nitrogens with two attached hydrogens (primary N) is 2. The molecule has 30 heavy (non-hydrogen) atoms. The Morgan fingerprint density at radius 3 is 2.63 bits per heavy atom. The van der Waals surface area contributed by atoms with E-state index in [1.54, 1.807) is 31.3 Å². The summed E-state index contributed by atoms with van der Waals surface area (Å²) in [5.74, 6) is -0.758. The minimum absolute atomic E-state index is 0.0184. The lowest BCUT2D eigenvalue weighted by Crippen LogP contribution is -2.39. The van der Waals surface area contributed by atoms with E-state index in [1.165, 1.54) is 21.2 Å². The highest BCUT2D eigenvalue weighted by Crippen LogP contribution is 2.26. The Hall–Kier alpha value is -3.21. The summed E-state index contributed by atoms with van der Waals surface area (Å²) in [6.45, 7) is 2.17. The molecule has 0 unspecified atom stereocenters. The lowest BCUT2D eigenvalue weighted by Gasteiger charge is -2.21. The van der Waals surface area contributed by atoms with E-state index in [-0.39, 0.29) is 23.8 Å². The zero-order valence-corrected chi connectivity index (χ0v) is 17.8. The molecule has 1 heterocycles. The number of nitrogens with one attached hydrogen (secondary N) is 2. The van der Waals surface area contributed by atoms with Crippen LogP contribution in [0.15, 0.2) is 38.8 Å². The van der Waals surface area contributed by atoms with Crippen LogP contribution < -0.4 is 32.9 Å². The average Bonchev–Trinajstić information content (AvgIpc) is 2.66. The maximum atomic E-state index is 12.6. The van der Waals surface area contributed by atoms with Gasteiger partial charge in [0.15, 0.2) is 0 Å². The number of nitrogens with zero attached hydrogens (tertiary/aromatic N) is 2. The van der Waals surface area contributed by atoms with Crippen LogP contribution in [0.25, 0.3) is 0 Å². The van der Waals surface area contributed by atoms with Crippen molar-refractivity contribution in [1.82, 2.24) is 9.55 Å². The molecule has 0 saturated carbocycles. The number of aromatic amines is 1. The van der Waals surface area contributed by atoms with E-state index in [1.807, 2.05) is 6.92 Å². The summed E-state index contributed by atoms with van der Waals surface area (Å²) in [4.78, 5) is 52.3. The van der Waals surface area contributed by atoms with Crippen LogP contribution >= 0.6 is 11.8 Å². The van der Waals surface area contributed by atoms with Crippen molar-refractivity contribution in [2.75, 3.05) is 35.3 Å². The van der Waals surface area contributed by atoms with Gasteiger partial charge < -0.3 is 21.7 Å². The number of aromatic nitrogens is 2. The zero-order valence-electron chi connectivity index (χ0n) is 16.9. The van der Waals surface area contributed by atoms with Gasteiger partial charge in [-0.2, -0.15) is 0 Å². The summed E-state index contributed by atoms with van der Waals surface area (Å²) in [6.07, 6.45) is 1.57. The van der Waals surface area contributed by atoms with E-state index in [0.717, 1.165) is 12.8 Å². The number of benzene rings is 1. The lowest BCUT2D eigenvalue weighted by atomic mass is 10.3. The molecule has 162 valence electrons. The molecule has 0 aliphatic carbocycles. The number of likely N-dealkylation sites (N-methyl/N-ethyl adjacent to an activating group) is 1. The van der Waals surface area contributed by atoms with Gasteiger partial charge in [-0.1, -0.05) is 25.5 Å².